The summed E-state index contributed by atoms with van der Waals surface area (Å²) in [4.78, 5) is 0. The van der Waals surface area contributed by atoms with Gasteiger partial charge in [-0.05, 0) is 31.4 Å². The molecule has 0 saturated carbocycles. The first-order valence-corrected chi connectivity index (χ1v) is 5.16. The summed E-state index contributed by atoms with van der Waals surface area (Å²) in [5.41, 5.74) is 9.60. The highest BCUT2D eigenvalue weighted by atomic mass is 14.6. The van der Waals surface area contributed by atoms with Crippen LogP contribution in [0, 0.1) is 0 Å². The number of aryl methyl sites for hydroxylation is 1. The van der Waals surface area contributed by atoms with Crippen LogP contribution in [0.5, 0.6) is 0 Å². The number of hydrogen-bond acceptors (Lipinski definition) is 1. The zero-order valence-electron chi connectivity index (χ0n) is 9.25. The molecule has 1 aromatic carbocycles. The van der Waals surface area contributed by atoms with Crippen molar-refractivity contribution in [1.29, 1.82) is 0 Å². The van der Waals surface area contributed by atoms with E-state index in [1.54, 1.807) is 0 Å². The van der Waals surface area contributed by atoms with E-state index in [1.165, 1.54) is 16.7 Å². The molecule has 1 atom stereocenters. The predicted octanol–water partition coefficient (Wildman–Crippen LogP) is 3.00. The summed E-state index contributed by atoms with van der Waals surface area (Å²) in [6.07, 6.45) is 3.24. The van der Waals surface area contributed by atoms with Crippen molar-refractivity contribution in [3.63, 3.8) is 0 Å². The zero-order chi connectivity index (χ0) is 10.6. The lowest BCUT2D eigenvalue weighted by atomic mass is 10.1. The van der Waals surface area contributed by atoms with Crippen molar-refractivity contribution in [1.82, 2.24) is 0 Å². The summed E-state index contributed by atoms with van der Waals surface area (Å²) in [7, 11) is 0. The van der Waals surface area contributed by atoms with Gasteiger partial charge in [-0.3, -0.25) is 0 Å². The molecule has 1 rings (SSSR count). The molecule has 0 aliphatic heterocycles. The summed E-state index contributed by atoms with van der Waals surface area (Å²) in [5.74, 6) is 0. The molecule has 0 aromatic heterocycles. The molecule has 0 radical (unpaired) electrons. The quantitative estimate of drug-likeness (QED) is 0.777. The van der Waals surface area contributed by atoms with Gasteiger partial charge in [-0.15, -0.1) is 0 Å². The normalized spacial score (nSPS) is 14.1. The van der Waals surface area contributed by atoms with Gasteiger partial charge in [0.15, 0.2) is 0 Å². The third kappa shape index (κ3) is 3.00. The lowest BCUT2D eigenvalue weighted by molar-refractivity contribution is 0.868. The summed E-state index contributed by atoms with van der Waals surface area (Å²) in [5, 5.41) is 0. The van der Waals surface area contributed by atoms with Crippen molar-refractivity contribution in [2.75, 3.05) is 0 Å². The van der Waals surface area contributed by atoms with Crippen molar-refractivity contribution >= 4 is 6.08 Å². The first-order chi connectivity index (χ1) is 6.63. The third-order valence-electron chi connectivity index (χ3n) is 2.50. The lowest BCUT2D eigenvalue weighted by Gasteiger charge is -2.05. The van der Waals surface area contributed by atoms with Gasteiger partial charge in [0.1, 0.15) is 0 Å². The van der Waals surface area contributed by atoms with E-state index in [9.17, 15) is 0 Å². The van der Waals surface area contributed by atoms with Crippen LogP contribution in [-0.2, 0) is 6.42 Å². The lowest BCUT2D eigenvalue weighted by Crippen LogP contribution is -2.15. The molecule has 14 heavy (non-hydrogen) atoms. The molecule has 2 N–H and O–H groups in total. The fourth-order valence-electron chi connectivity index (χ4n) is 1.24. The molecule has 0 aliphatic carbocycles. The van der Waals surface area contributed by atoms with Crippen LogP contribution in [-0.4, -0.2) is 6.04 Å². The SMILES string of the molecule is CCc1ccc(/C=C(/C)C(C)N)cc1. The number of hydrogen-bond donors (Lipinski definition) is 1. The standard InChI is InChI=1S/C13H19N/c1-4-12-5-7-13(8-6-12)9-10(2)11(3)14/h5-9,11H,4,14H2,1-3H3/b10-9-. The molecule has 0 fully saturated rings. The summed E-state index contributed by atoms with van der Waals surface area (Å²) < 4.78 is 0. The minimum Gasteiger partial charge on any atom is -0.324 e. The van der Waals surface area contributed by atoms with Gasteiger partial charge in [0.2, 0.25) is 0 Å². The molecule has 76 valence electrons. The fraction of sp³-hybridized carbons (Fsp3) is 0.385. The van der Waals surface area contributed by atoms with Crippen LogP contribution in [0.4, 0.5) is 0 Å². The Morgan fingerprint density at radius 2 is 1.93 bits per heavy atom. The van der Waals surface area contributed by atoms with Crippen LogP contribution in [0.1, 0.15) is 31.9 Å². The average molecular weight is 189 g/mol. The Kier molecular flexibility index (Phi) is 3.90. The molecule has 0 bridgehead atoms. The molecule has 0 saturated heterocycles. The third-order valence-corrected chi connectivity index (χ3v) is 2.50. The molecule has 1 nitrogen and oxygen atoms in total. The number of benzene rings is 1. The van der Waals surface area contributed by atoms with Gasteiger partial charge in [-0.1, -0.05) is 42.8 Å². The first-order valence-electron chi connectivity index (χ1n) is 5.16. The second-order valence-electron chi connectivity index (χ2n) is 3.77. The van der Waals surface area contributed by atoms with Crippen LogP contribution in [0.25, 0.3) is 6.08 Å². The van der Waals surface area contributed by atoms with Gasteiger partial charge >= 0.3 is 0 Å². The second-order valence-corrected chi connectivity index (χ2v) is 3.77. The van der Waals surface area contributed by atoms with Gasteiger partial charge in [0.05, 0.1) is 0 Å². The molecule has 0 aliphatic rings. The van der Waals surface area contributed by atoms with Crippen molar-refractivity contribution in [3.8, 4) is 0 Å². The number of nitrogens with two attached hydrogens (primary N) is 1. The Balaban J connectivity index is 2.83. The summed E-state index contributed by atoms with van der Waals surface area (Å²) >= 11 is 0. The Hall–Kier alpha value is -1.08. The zero-order valence-corrected chi connectivity index (χ0v) is 9.25. The maximum Gasteiger partial charge on any atom is 0.0225 e. The average Bonchev–Trinajstić information content (AvgIpc) is 2.19. The highest BCUT2D eigenvalue weighted by Crippen LogP contribution is 2.10. The predicted molar refractivity (Wildman–Crippen MR) is 63.1 cm³/mol. The van der Waals surface area contributed by atoms with E-state index in [0.717, 1.165) is 6.42 Å². The van der Waals surface area contributed by atoms with Gasteiger partial charge in [-0.2, -0.15) is 0 Å². The van der Waals surface area contributed by atoms with E-state index in [2.05, 4.69) is 44.2 Å². The highest BCUT2D eigenvalue weighted by molar-refractivity contribution is 5.53. The van der Waals surface area contributed by atoms with Crippen molar-refractivity contribution < 1.29 is 0 Å². The van der Waals surface area contributed by atoms with Crippen molar-refractivity contribution in [2.45, 2.75) is 33.2 Å². The Labute approximate surface area is 86.6 Å². The topological polar surface area (TPSA) is 26.0 Å². The fourth-order valence-corrected chi connectivity index (χ4v) is 1.24. The maximum absolute atomic E-state index is 5.77. The van der Waals surface area contributed by atoms with E-state index < -0.39 is 0 Å². The van der Waals surface area contributed by atoms with Crippen molar-refractivity contribution in [2.24, 2.45) is 5.73 Å². The Morgan fingerprint density at radius 1 is 1.36 bits per heavy atom. The van der Waals surface area contributed by atoms with Crippen LogP contribution in [0.3, 0.4) is 0 Å². The van der Waals surface area contributed by atoms with Crippen LogP contribution in [0.2, 0.25) is 0 Å². The Morgan fingerprint density at radius 3 is 2.36 bits per heavy atom. The number of rotatable bonds is 3. The van der Waals surface area contributed by atoms with Crippen LogP contribution in [0.15, 0.2) is 29.8 Å². The highest BCUT2D eigenvalue weighted by Gasteiger charge is 1.96. The Bertz CT molecular complexity index is 307. The van der Waals surface area contributed by atoms with Crippen molar-refractivity contribution in [3.05, 3.63) is 41.0 Å². The molecule has 1 heteroatoms. The van der Waals surface area contributed by atoms with Gasteiger partial charge in [0.25, 0.3) is 0 Å². The molecule has 0 amide bonds. The maximum atomic E-state index is 5.77. The first kappa shape index (κ1) is 11.0. The monoisotopic (exact) mass is 189 g/mol. The minimum absolute atomic E-state index is 0.140. The molecular formula is C13H19N. The summed E-state index contributed by atoms with van der Waals surface area (Å²) in [6.45, 7) is 6.24. The molecule has 0 heterocycles. The van der Waals surface area contributed by atoms with Crippen LogP contribution >= 0.6 is 0 Å². The molecular weight excluding hydrogens is 170 g/mol. The van der Waals surface area contributed by atoms with E-state index in [-0.39, 0.29) is 6.04 Å². The molecule has 1 aromatic rings. The minimum atomic E-state index is 0.140. The largest absolute Gasteiger partial charge is 0.324 e. The molecule has 1 unspecified atom stereocenters. The van der Waals surface area contributed by atoms with E-state index in [4.69, 9.17) is 5.73 Å². The second kappa shape index (κ2) is 4.97. The van der Waals surface area contributed by atoms with Gasteiger partial charge in [0, 0.05) is 6.04 Å². The molecule has 0 spiro atoms. The van der Waals surface area contributed by atoms with Gasteiger partial charge in [-0.25, -0.2) is 0 Å². The summed E-state index contributed by atoms with van der Waals surface area (Å²) in [6, 6.07) is 8.76. The van der Waals surface area contributed by atoms with E-state index in [1.807, 2.05) is 6.92 Å². The van der Waals surface area contributed by atoms with E-state index >= 15 is 0 Å². The smallest absolute Gasteiger partial charge is 0.0225 e. The van der Waals surface area contributed by atoms with Crippen LogP contribution < -0.4 is 5.73 Å². The van der Waals surface area contributed by atoms with E-state index in [0.29, 0.717) is 0 Å². The van der Waals surface area contributed by atoms with Gasteiger partial charge < -0.3 is 5.73 Å².